The van der Waals surface area contributed by atoms with Crippen LogP contribution in [0.2, 0.25) is 0 Å². The highest BCUT2D eigenvalue weighted by atomic mass is 32.1. The van der Waals surface area contributed by atoms with Gasteiger partial charge in [0.2, 0.25) is 0 Å². The molecule has 0 unspecified atom stereocenters. The summed E-state index contributed by atoms with van der Waals surface area (Å²) in [6, 6.07) is 27.3. The minimum atomic E-state index is 1.34. The van der Waals surface area contributed by atoms with Crippen molar-refractivity contribution in [3.63, 3.8) is 0 Å². The Hall–Kier alpha value is -2.72. The predicted molar refractivity (Wildman–Crippen MR) is 133 cm³/mol. The van der Waals surface area contributed by atoms with Crippen molar-refractivity contribution in [2.45, 2.75) is 0 Å². The Balaban J connectivity index is 1.58. The van der Waals surface area contributed by atoms with Crippen LogP contribution in [0.1, 0.15) is 0 Å². The SMILES string of the molecule is c1csc(-c2cc3ccc4c5ccc6c(ccc7ccsc76)c5ccc4c3s2)c1. The number of fused-ring (bicyclic) bond motifs is 9. The molecule has 0 atom stereocenters. The van der Waals surface area contributed by atoms with Gasteiger partial charge in [-0.2, -0.15) is 0 Å². The fraction of sp³-hybridized carbons (Fsp3) is 0. The molecular weight excluding hydrogens is 408 g/mol. The summed E-state index contributed by atoms with van der Waals surface area (Å²) in [5.41, 5.74) is 0. The molecule has 0 radical (unpaired) electrons. The summed E-state index contributed by atoms with van der Waals surface area (Å²) in [6.45, 7) is 0. The molecule has 7 rings (SSSR count). The lowest BCUT2D eigenvalue weighted by Crippen LogP contribution is -1.81. The van der Waals surface area contributed by atoms with Crippen molar-refractivity contribution in [2.24, 2.45) is 0 Å². The van der Waals surface area contributed by atoms with Crippen molar-refractivity contribution in [1.29, 1.82) is 0 Å². The summed E-state index contributed by atoms with van der Waals surface area (Å²) in [7, 11) is 0. The average molecular weight is 423 g/mol. The highest BCUT2D eigenvalue weighted by Gasteiger charge is 2.12. The van der Waals surface area contributed by atoms with E-state index >= 15 is 0 Å². The van der Waals surface area contributed by atoms with Gasteiger partial charge in [0.05, 0.1) is 0 Å². The van der Waals surface area contributed by atoms with Crippen LogP contribution in [0.15, 0.2) is 83.6 Å². The van der Waals surface area contributed by atoms with Gasteiger partial charge < -0.3 is 0 Å². The summed E-state index contributed by atoms with van der Waals surface area (Å²) in [5.74, 6) is 0. The molecule has 0 bridgehead atoms. The molecule has 4 aromatic carbocycles. The number of rotatable bonds is 1. The minimum absolute atomic E-state index is 1.34. The maximum absolute atomic E-state index is 2.34. The lowest BCUT2D eigenvalue weighted by atomic mass is 9.96. The molecule has 3 heteroatoms. The van der Waals surface area contributed by atoms with Crippen LogP contribution in [0.25, 0.3) is 62.2 Å². The zero-order chi connectivity index (χ0) is 18.9. The van der Waals surface area contributed by atoms with Crippen LogP contribution in [-0.2, 0) is 0 Å². The van der Waals surface area contributed by atoms with Gasteiger partial charge in [-0.05, 0) is 61.3 Å². The molecule has 0 amide bonds. The summed E-state index contributed by atoms with van der Waals surface area (Å²) in [4.78, 5) is 2.72. The number of thiophene rings is 3. The molecule has 0 aliphatic heterocycles. The number of benzene rings is 4. The minimum Gasteiger partial charge on any atom is -0.143 e. The largest absolute Gasteiger partial charge is 0.143 e. The van der Waals surface area contributed by atoms with E-state index in [1.54, 1.807) is 0 Å². The molecule has 3 heterocycles. The summed E-state index contributed by atoms with van der Waals surface area (Å²) in [6.07, 6.45) is 0. The van der Waals surface area contributed by atoms with Gasteiger partial charge in [-0.3, -0.25) is 0 Å². The van der Waals surface area contributed by atoms with Gasteiger partial charge in [-0.1, -0.05) is 54.6 Å². The molecule has 136 valence electrons. The van der Waals surface area contributed by atoms with E-state index in [9.17, 15) is 0 Å². The van der Waals surface area contributed by atoms with Crippen molar-refractivity contribution in [3.8, 4) is 9.75 Å². The lowest BCUT2D eigenvalue weighted by molar-refractivity contribution is 1.86. The molecule has 0 nitrogen and oxygen atoms in total. The standard InChI is InChI=1S/C26H14S3/c1-2-23(27-12-1)24-14-16-4-6-20-18-7-9-21-19(5-3-15-11-13-28-25(15)21)17(18)8-10-22(20)26(16)29-24/h1-14H. The Morgan fingerprint density at radius 1 is 0.448 bits per heavy atom. The maximum atomic E-state index is 2.34. The number of hydrogen-bond donors (Lipinski definition) is 0. The fourth-order valence-electron chi connectivity index (χ4n) is 4.50. The monoisotopic (exact) mass is 422 g/mol. The first-order valence-corrected chi connectivity index (χ1v) is 12.2. The molecule has 7 aromatic rings. The van der Waals surface area contributed by atoms with Gasteiger partial charge in [-0.25, -0.2) is 0 Å². The van der Waals surface area contributed by atoms with Gasteiger partial charge in [0.1, 0.15) is 0 Å². The van der Waals surface area contributed by atoms with Crippen LogP contribution in [0, 0.1) is 0 Å². The van der Waals surface area contributed by atoms with Crippen molar-refractivity contribution in [1.82, 2.24) is 0 Å². The summed E-state index contributed by atoms with van der Waals surface area (Å²) >= 11 is 5.56. The summed E-state index contributed by atoms with van der Waals surface area (Å²) in [5, 5.41) is 15.1. The van der Waals surface area contributed by atoms with E-state index < -0.39 is 0 Å². The van der Waals surface area contributed by atoms with Crippen LogP contribution >= 0.6 is 34.0 Å². The third-order valence-electron chi connectivity index (χ3n) is 5.85. The van der Waals surface area contributed by atoms with Crippen molar-refractivity contribution >= 4 is 86.5 Å². The molecule has 29 heavy (non-hydrogen) atoms. The fourth-order valence-corrected chi connectivity index (χ4v) is 7.44. The van der Waals surface area contributed by atoms with Crippen molar-refractivity contribution in [2.75, 3.05) is 0 Å². The van der Waals surface area contributed by atoms with Crippen LogP contribution in [-0.4, -0.2) is 0 Å². The molecule has 0 saturated heterocycles. The second kappa shape index (κ2) is 5.90. The highest BCUT2D eigenvalue weighted by Crippen LogP contribution is 2.42. The molecule has 0 aliphatic carbocycles. The smallest absolute Gasteiger partial charge is 0.0455 e. The zero-order valence-electron chi connectivity index (χ0n) is 15.3. The first-order valence-electron chi connectivity index (χ1n) is 9.59. The highest BCUT2D eigenvalue weighted by molar-refractivity contribution is 7.26. The Kier molecular flexibility index (Phi) is 3.28. The molecule has 0 spiro atoms. The quantitative estimate of drug-likeness (QED) is 0.231. The van der Waals surface area contributed by atoms with E-state index in [0.29, 0.717) is 0 Å². The van der Waals surface area contributed by atoms with E-state index in [4.69, 9.17) is 0 Å². The van der Waals surface area contributed by atoms with Crippen LogP contribution < -0.4 is 0 Å². The van der Waals surface area contributed by atoms with Crippen LogP contribution in [0.4, 0.5) is 0 Å². The molecule has 3 aromatic heterocycles. The Morgan fingerprint density at radius 2 is 1.10 bits per heavy atom. The van der Waals surface area contributed by atoms with E-state index in [2.05, 4.69) is 83.6 Å². The maximum Gasteiger partial charge on any atom is 0.0455 e. The summed E-state index contributed by atoms with van der Waals surface area (Å²) < 4.78 is 2.78. The van der Waals surface area contributed by atoms with E-state index in [-0.39, 0.29) is 0 Å². The predicted octanol–water partition coefficient (Wildman–Crippen LogP) is 9.30. The van der Waals surface area contributed by atoms with Gasteiger partial charge in [0.15, 0.2) is 0 Å². The van der Waals surface area contributed by atoms with Gasteiger partial charge in [0, 0.05) is 29.9 Å². The second-order valence-corrected chi connectivity index (χ2v) is 10.3. The van der Waals surface area contributed by atoms with Crippen molar-refractivity contribution in [3.05, 3.63) is 83.6 Å². The Morgan fingerprint density at radius 3 is 1.86 bits per heavy atom. The molecular formula is C26H14S3. The van der Waals surface area contributed by atoms with Gasteiger partial charge in [0.25, 0.3) is 0 Å². The van der Waals surface area contributed by atoms with E-state index in [1.165, 1.54) is 62.2 Å². The van der Waals surface area contributed by atoms with Gasteiger partial charge >= 0.3 is 0 Å². The van der Waals surface area contributed by atoms with Crippen molar-refractivity contribution < 1.29 is 0 Å². The third-order valence-corrected chi connectivity index (χ3v) is 9.07. The Labute approximate surface area is 179 Å². The normalized spacial score (nSPS) is 12.1. The zero-order valence-corrected chi connectivity index (χ0v) is 17.8. The van der Waals surface area contributed by atoms with Crippen LogP contribution in [0.3, 0.4) is 0 Å². The number of hydrogen-bond acceptors (Lipinski definition) is 3. The van der Waals surface area contributed by atoms with E-state index in [0.717, 1.165) is 0 Å². The van der Waals surface area contributed by atoms with E-state index in [1.807, 2.05) is 34.0 Å². The molecule has 0 aliphatic rings. The lowest BCUT2D eigenvalue weighted by Gasteiger charge is -2.09. The topological polar surface area (TPSA) is 0 Å². The second-order valence-electron chi connectivity index (χ2n) is 7.39. The first kappa shape index (κ1) is 16.1. The Bertz CT molecular complexity index is 1690. The first-order chi connectivity index (χ1) is 14.4. The van der Waals surface area contributed by atoms with Gasteiger partial charge in [-0.15, -0.1) is 34.0 Å². The molecule has 0 fully saturated rings. The molecule has 0 N–H and O–H groups in total. The average Bonchev–Trinajstić information content (AvgIpc) is 3.52. The van der Waals surface area contributed by atoms with Crippen LogP contribution in [0.5, 0.6) is 0 Å². The third kappa shape index (κ3) is 2.24. The molecule has 0 saturated carbocycles.